The number of nitrogens with one attached hydrogen (secondary N) is 2. The molecule has 0 bridgehead atoms. The molecule has 4 N–H and O–H groups in total. The van der Waals surface area contributed by atoms with E-state index < -0.39 is 30.0 Å². The van der Waals surface area contributed by atoms with Gasteiger partial charge in [0, 0.05) is 12.6 Å². The summed E-state index contributed by atoms with van der Waals surface area (Å²) in [5, 5.41) is 5.46. The van der Waals surface area contributed by atoms with E-state index in [4.69, 9.17) is 22.1 Å². The molecule has 0 fully saturated rings. The van der Waals surface area contributed by atoms with Crippen molar-refractivity contribution in [2.45, 2.75) is 39.0 Å². The lowest BCUT2D eigenvalue weighted by molar-refractivity contribution is -0.129. The Morgan fingerprint density at radius 1 is 1.07 bits per heavy atom. The van der Waals surface area contributed by atoms with Crippen LogP contribution in [0.1, 0.15) is 25.0 Å². The van der Waals surface area contributed by atoms with Crippen molar-refractivity contribution in [2.24, 2.45) is 11.7 Å². The molecule has 30 heavy (non-hydrogen) atoms. The number of pyridine rings is 1. The van der Waals surface area contributed by atoms with Gasteiger partial charge in [-0.2, -0.15) is 0 Å². The highest BCUT2D eigenvalue weighted by Gasteiger charge is 2.28. The standard InChI is InChI=1S/C21H25ClN4O4/c1-13(2)18(26-21(29)30-12-14-6-4-3-5-7-14)20(28)25-16(19(23)27)10-15-8-9-17(22)24-11-15/h3-9,11,13,16,18H,10,12H2,1-2H3,(H2,23,27)(H,25,28)(H,26,29)/t16-,18+/m1/s1. The highest BCUT2D eigenvalue weighted by molar-refractivity contribution is 6.29. The summed E-state index contributed by atoms with van der Waals surface area (Å²) in [5.41, 5.74) is 6.94. The molecule has 1 aromatic carbocycles. The van der Waals surface area contributed by atoms with Gasteiger partial charge in [-0.3, -0.25) is 9.59 Å². The molecule has 0 saturated carbocycles. The van der Waals surface area contributed by atoms with Crippen molar-refractivity contribution in [3.63, 3.8) is 0 Å². The molecule has 2 rings (SSSR count). The maximum absolute atomic E-state index is 12.7. The fraction of sp³-hybridized carbons (Fsp3) is 0.333. The predicted molar refractivity (Wildman–Crippen MR) is 112 cm³/mol. The largest absolute Gasteiger partial charge is 0.445 e. The highest BCUT2D eigenvalue weighted by Crippen LogP contribution is 2.09. The molecule has 0 spiro atoms. The Balaban J connectivity index is 1.97. The maximum atomic E-state index is 12.7. The smallest absolute Gasteiger partial charge is 0.408 e. The number of aromatic nitrogens is 1. The molecule has 0 aliphatic rings. The van der Waals surface area contributed by atoms with Crippen molar-refractivity contribution in [1.82, 2.24) is 15.6 Å². The van der Waals surface area contributed by atoms with Gasteiger partial charge in [-0.1, -0.05) is 61.8 Å². The molecular formula is C21H25ClN4O4. The summed E-state index contributed by atoms with van der Waals surface area (Å²) in [4.78, 5) is 40.7. The summed E-state index contributed by atoms with van der Waals surface area (Å²) in [5.74, 6) is -1.49. The predicted octanol–water partition coefficient (Wildman–Crippen LogP) is 2.20. The van der Waals surface area contributed by atoms with E-state index in [1.165, 1.54) is 6.20 Å². The summed E-state index contributed by atoms with van der Waals surface area (Å²) in [6, 6.07) is 10.6. The lowest BCUT2D eigenvalue weighted by Gasteiger charge is -2.24. The van der Waals surface area contributed by atoms with Crippen molar-refractivity contribution in [1.29, 1.82) is 0 Å². The van der Waals surface area contributed by atoms with Gasteiger partial charge in [0.1, 0.15) is 23.8 Å². The minimum Gasteiger partial charge on any atom is -0.445 e. The van der Waals surface area contributed by atoms with E-state index in [1.807, 2.05) is 30.3 Å². The second-order valence-electron chi connectivity index (χ2n) is 7.08. The third-order valence-corrected chi connectivity index (χ3v) is 4.55. The maximum Gasteiger partial charge on any atom is 0.408 e. The van der Waals surface area contributed by atoms with Crippen LogP contribution in [0.3, 0.4) is 0 Å². The Morgan fingerprint density at radius 2 is 1.77 bits per heavy atom. The fourth-order valence-electron chi connectivity index (χ4n) is 2.67. The van der Waals surface area contributed by atoms with Crippen LogP contribution in [0.2, 0.25) is 5.15 Å². The van der Waals surface area contributed by atoms with E-state index >= 15 is 0 Å². The van der Waals surface area contributed by atoms with E-state index in [2.05, 4.69) is 15.6 Å². The molecule has 2 aromatic rings. The molecule has 160 valence electrons. The number of carbonyl (C=O) groups is 3. The first-order valence-corrected chi connectivity index (χ1v) is 9.81. The zero-order valence-corrected chi connectivity index (χ0v) is 17.6. The molecular weight excluding hydrogens is 408 g/mol. The quantitative estimate of drug-likeness (QED) is 0.524. The van der Waals surface area contributed by atoms with Gasteiger partial charge in [-0.05, 0) is 23.1 Å². The average Bonchev–Trinajstić information content (AvgIpc) is 2.71. The zero-order valence-electron chi connectivity index (χ0n) is 16.8. The van der Waals surface area contributed by atoms with Crippen molar-refractivity contribution < 1.29 is 19.1 Å². The van der Waals surface area contributed by atoms with Crippen LogP contribution in [0.25, 0.3) is 0 Å². The van der Waals surface area contributed by atoms with Gasteiger partial charge >= 0.3 is 6.09 Å². The summed E-state index contributed by atoms with van der Waals surface area (Å²) < 4.78 is 5.18. The minimum atomic E-state index is -0.969. The van der Waals surface area contributed by atoms with E-state index in [1.54, 1.807) is 26.0 Å². The number of rotatable bonds is 9. The number of carbonyl (C=O) groups excluding carboxylic acids is 3. The van der Waals surface area contributed by atoms with Crippen molar-refractivity contribution in [3.8, 4) is 0 Å². The lowest BCUT2D eigenvalue weighted by atomic mass is 10.0. The van der Waals surface area contributed by atoms with E-state index in [-0.39, 0.29) is 18.9 Å². The van der Waals surface area contributed by atoms with Crippen molar-refractivity contribution in [3.05, 3.63) is 64.9 Å². The highest BCUT2D eigenvalue weighted by atomic mass is 35.5. The van der Waals surface area contributed by atoms with E-state index in [9.17, 15) is 14.4 Å². The second kappa shape index (κ2) is 11.2. The Bertz CT molecular complexity index is 859. The third kappa shape index (κ3) is 7.36. The molecule has 8 nitrogen and oxygen atoms in total. The Labute approximate surface area is 180 Å². The number of hydrogen-bond donors (Lipinski definition) is 3. The van der Waals surface area contributed by atoms with Crippen LogP contribution in [0.5, 0.6) is 0 Å². The van der Waals surface area contributed by atoms with Crippen LogP contribution in [0, 0.1) is 5.92 Å². The van der Waals surface area contributed by atoms with Gasteiger partial charge < -0.3 is 21.1 Å². The van der Waals surface area contributed by atoms with Gasteiger partial charge in [0.05, 0.1) is 0 Å². The number of amides is 3. The fourth-order valence-corrected chi connectivity index (χ4v) is 2.79. The number of primary amides is 1. The number of nitrogens with two attached hydrogens (primary N) is 1. The molecule has 0 saturated heterocycles. The summed E-state index contributed by atoms with van der Waals surface area (Å²) in [7, 11) is 0. The molecule has 1 aromatic heterocycles. The van der Waals surface area contributed by atoms with Crippen molar-refractivity contribution >= 4 is 29.5 Å². The van der Waals surface area contributed by atoms with Crippen LogP contribution in [-0.4, -0.2) is 35.0 Å². The molecule has 0 aliphatic carbocycles. The molecule has 9 heteroatoms. The Morgan fingerprint density at radius 3 is 2.33 bits per heavy atom. The SMILES string of the molecule is CC(C)[C@H](NC(=O)OCc1ccccc1)C(=O)N[C@H](Cc1ccc(Cl)nc1)C(N)=O. The molecule has 1 heterocycles. The molecule has 0 aliphatic heterocycles. The summed E-state index contributed by atoms with van der Waals surface area (Å²) in [6.45, 7) is 3.61. The zero-order chi connectivity index (χ0) is 22.1. The number of benzene rings is 1. The Hall–Kier alpha value is -3.13. The third-order valence-electron chi connectivity index (χ3n) is 4.32. The summed E-state index contributed by atoms with van der Waals surface area (Å²) >= 11 is 5.76. The van der Waals surface area contributed by atoms with Gasteiger partial charge in [0.2, 0.25) is 11.8 Å². The second-order valence-corrected chi connectivity index (χ2v) is 7.47. The van der Waals surface area contributed by atoms with Gasteiger partial charge in [0.25, 0.3) is 0 Å². The van der Waals surface area contributed by atoms with Crippen LogP contribution in [0.15, 0.2) is 48.7 Å². The van der Waals surface area contributed by atoms with E-state index in [0.717, 1.165) is 5.56 Å². The first kappa shape index (κ1) is 23.2. The molecule has 3 amide bonds. The van der Waals surface area contributed by atoms with Crippen LogP contribution in [0.4, 0.5) is 4.79 Å². The molecule has 0 radical (unpaired) electrons. The number of nitrogens with zero attached hydrogens (tertiary/aromatic N) is 1. The summed E-state index contributed by atoms with van der Waals surface area (Å²) in [6.07, 6.45) is 0.920. The lowest BCUT2D eigenvalue weighted by Crippen LogP contribution is -2.55. The minimum absolute atomic E-state index is 0.0760. The van der Waals surface area contributed by atoms with Gasteiger partial charge in [-0.25, -0.2) is 9.78 Å². The van der Waals surface area contributed by atoms with Crippen molar-refractivity contribution in [2.75, 3.05) is 0 Å². The normalized spacial score (nSPS) is 12.7. The monoisotopic (exact) mass is 432 g/mol. The number of alkyl carbamates (subject to hydrolysis) is 1. The van der Waals surface area contributed by atoms with Crippen LogP contribution >= 0.6 is 11.6 Å². The van der Waals surface area contributed by atoms with Crippen LogP contribution in [-0.2, 0) is 27.4 Å². The average molecular weight is 433 g/mol. The van der Waals surface area contributed by atoms with Gasteiger partial charge in [0.15, 0.2) is 0 Å². The number of halogens is 1. The van der Waals surface area contributed by atoms with E-state index in [0.29, 0.717) is 10.7 Å². The Kier molecular flexibility index (Phi) is 8.61. The van der Waals surface area contributed by atoms with Crippen LogP contribution < -0.4 is 16.4 Å². The number of ether oxygens (including phenoxy) is 1. The topological polar surface area (TPSA) is 123 Å². The first-order valence-electron chi connectivity index (χ1n) is 9.43. The number of hydrogen-bond acceptors (Lipinski definition) is 5. The molecule has 2 atom stereocenters. The molecule has 0 unspecified atom stereocenters. The van der Waals surface area contributed by atoms with Gasteiger partial charge in [-0.15, -0.1) is 0 Å². The first-order chi connectivity index (χ1) is 14.3.